The number of hydrogen-bond acceptors (Lipinski definition) is 5. The van der Waals surface area contributed by atoms with Crippen molar-refractivity contribution in [2.45, 2.75) is 19.5 Å². The highest BCUT2D eigenvalue weighted by Crippen LogP contribution is 2.32. The lowest BCUT2D eigenvalue weighted by Crippen LogP contribution is -2.52. The van der Waals surface area contributed by atoms with E-state index < -0.39 is 0 Å². The number of benzene rings is 1. The Balaban J connectivity index is 1.22. The molecule has 0 saturated carbocycles. The molecule has 1 aromatic heterocycles. The maximum absolute atomic E-state index is 12.4. The van der Waals surface area contributed by atoms with E-state index in [2.05, 4.69) is 28.2 Å². The van der Waals surface area contributed by atoms with Gasteiger partial charge < -0.3 is 24.3 Å². The van der Waals surface area contributed by atoms with Crippen LogP contribution in [0.15, 0.2) is 36.9 Å². The zero-order valence-corrected chi connectivity index (χ0v) is 15.5. The molecule has 8 heteroatoms. The van der Waals surface area contributed by atoms with Gasteiger partial charge >= 0.3 is 6.03 Å². The molecule has 1 aromatic carbocycles. The Labute approximate surface area is 158 Å². The normalized spacial score (nSPS) is 17.7. The predicted octanol–water partition coefficient (Wildman–Crippen LogP) is 1.70. The number of ether oxygens (including phenoxy) is 2. The number of piperazine rings is 1. The van der Waals surface area contributed by atoms with E-state index in [1.54, 1.807) is 12.5 Å². The van der Waals surface area contributed by atoms with Crippen molar-refractivity contribution in [1.82, 2.24) is 24.7 Å². The molecule has 0 unspecified atom stereocenters. The fourth-order valence-electron chi connectivity index (χ4n) is 3.39. The van der Waals surface area contributed by atoms with E-state index in [1.807, 2.05) is 27.8 Å². The van der Waals surface area contributed by atoms with Gasteiger partial charge in [0.15, 0.2) is 11.5 Å². The van der Waals surface area contributed by atoms with Crippen LogP contribution in [0.4, 0.5) is 4.79 Å². The predicted molar refractivity (Wildman–Crippen MR) is 99.8 cm³/mol. The van der Waals surface area contributed by atoms with Gasteiger partial charge in [-0.2, -0.15) is 0 Å². The smallest absolute Gasteiger partial charge is 0.317 e. The minimum absolute atomic E-state index is 0.00435. The summed E-state index contributed by atoms with van der Waals surface area (Å²) in [7, 11) is 0. The molecule has 1 saturated heterocycles. The Morgan fingerprint density at radius 1 is 1.22 bits per heavy atom. The van der Waals surface area contributed by atoms with Crippen LogP contribution in [0.3, 0.4) is 0 Å². The van der Waals surface area contributed by atoms with Crippen LogP contribution >= 0.6 is 0 Å². The van der Waals surface area contributed by atoms with Gasteiger partial charge in [-0.15, -0.1) is 0 Å². The minimum atomic E-state index is 0.00435. The van der Waals surface area contributed by atoms with Crippen molar-refractivity contribution >= 4 is 6.03 Å². The highest BCUT2D eigenvalue weighted by atomic mass is 16.7. The summed E-state index contributed by atoms with van der Waals surface area (Å²) in [6.45, 7) is 6.98. The van der Waals surface area contributed by atoms with Crippen LogP contribution in [-0.2, 0) is 6.54 Å². The molecule has 2 amide bonds. The Bertz CT molecular complexity index is 772. The molecule has 3 heterocycles. The van der Waals surface area contributed by atoms with Crippen LogP contribution < -0.4 is 14.8 Å². The number of hydrogen-bond donors (Lipinski definition) is 1. The van der Waals surface area contributed by atoms with Gasteiger partial charge in [-0.25, -0.2) is 9.78 Å². The first-order valence-corrected chi connectivity index (χ1v) is 9.30. The van der Waals surface area contributed by atoms with E-state index in [0.717, 1.165) is 44.2 Å². The Morgan fingerprint density at radius 2 is 2.04 bits per heavy atom. The van der Waals surface area contributed by atoms with Crippen LogP contribution in [0, 0.1) is 0 Å². The standard InChI is InChI=1S/C19H25N5O3/c1-15(24-5-4-20-13-24)11-21-19(25)23-8-6-22(7-9-23)12-16-2-3-17-18(10-16)27-14-26-17/h2-5,10,13,15H,6-9,11-12,14H2,1H3,(H,21,25)/t15-/m0/s1. The summed E-state index contributed by atoms with van der Waals surface area (Å²) in [5.41, 5.74) is 1.20. The zero-order chi connectivity index (χ0) is 18.6. The fraction of sp³-hybridized carbons (Fsp3) is 0.474. The molecule has 0 radical (unpaired) electrons. The number of nitrogens with one attached hydrogen (secondary N) is 1. The first-order valence-electron chi connectivity index (χ1n) is 9.30. The van der Waals surface area contributed by atoms with E-state index in [0.29, 0.717) is 13.3 Å². The van der Waals surface area contributed by atoms with Gasteiger partial charge in [0.2, 0.25) is 6.79 Å². The molecule has 2 aliphatic rings. The highest BCUT2D eigenvalue weighted by molar-refractivity contribution is 5.74. The third-order valence-electron chi connectivity index (χ3n) is 5.09. The molecule has 8 nitrogen and oxygen atoms in total. The summed E-state index contributed by atoms with van der Waals surface area (Å²) in [5, 5.41) is 3.02. The monoisotopic (exact) mass is 371 g/mol. The molecule has 1 N–H and O–H groups in total. The number of imidazole rings is 1. The van der Waals surface area contributed by atoms with Gasteiger partial charge in [-0.1, -0.05) is 6.07 Å². The molecular weight excluding hydrogens is 346 g/mol. The van der Waals surface area contributed by atoms with Crippen LogP contribution in [0.5, 0.6) is 11.5 Å². The number of rotatable bonds is 5. The summed E-state index contributed by atoms with van der Waals surface area (Å²) in [4.78, 5) is 20.7. The van der Waals surface area contributed by atoms with Gasteiger partial charge in [0.25, 0.3) is 0 Å². The minimum Gasteiger partial charge on any atom is -0.454 e. The zero-order valence-electron chi connectivity index (χ0n) is 15.5. The molecule has 0 spiro atoms. The van der Waals surface area contributed by atoms with Crippen molar-refractivity contribution in [3.63, 3.8) is 0 Å². The van der Waals surface area contributed by atoms with Crippen molar-refractivity contribution in [3.8, 4) is 11.5 Å². The van der Waals surface area contributed by atoms with Gasteiger partial charge in [0, 0.05) is 57.7 Å². The van der Waals surface area contributed by atoms with Gasteiger partial charge in [0.05, 0.1) is 6.33 Å². The SMILES string of the molecule is C[C@@H](CNC(=O)N1CCN(Cc2ccc3c(c2)OCO3)CC1)n1ccnc1. The van der Waals surface area contributed by atoms with E-state index >= 15 is 0 Å². The number of nitrogens with zero attached hydrogens (tertiary/aromatic N) is 4. The second-order valence-corrected chi connectivity index (χ2v) is 7.00. The maximum atomic E-state index is 12.4. The number of fused-ring (bicyclic) bond motifs is 1. The van der Waals surface area contributed by atoms with Crippen molar-refractivity contribution < 1.29 is 14.3 Å². The topological polar surface area (TPSA) is 71.9 Å². The van der Waals surface area contributed by atoms with Gasteiger partial charge in [-0.3, -0.25) is 4.90 Å². The summed E-state index contributed by atoms with van der Waals surface area (Å²) in [6, 6.07) is 6.26. The quantitative estimate of drug-likeness (QED) is 0.866. The van der Waals surface area contributed by atoms with Crippen molar-refractivity contribution in [3.05, 3.63) is 42.5 Å². The molecular formula is C19H25N5O3. The lowest BCUT2D eigenvalue weighted by atomic mass is 10.1. The van der Waals surface area contributed by atoms with Crippen molar-refractivity contribution in [1.29, 1.82) is 0 Å². The van der Waals surface area contributed by atoms with Crippen molar-refractivity contribution in [2.24, 2.45) is 0 Å². The number of urea groups is 1. The maximum Gasteiger partial charge on any atom is 0.317 e. The summed E-state index contributed by atoms with van der Waals surface area (Å²) < 4.78 is 12.8. The van der Waals surface area contributed by atoms with Crippen LogP contribution in [0.1, 0.15) is 18.5 Å². The number of amides is 2. The molecule has 2 aliphatic heterocycles. The Hall–Kier alpha value is -2.74. The van der Waals surface area contributed by atoms with E-state index in [1.165, 1.54) is 5.56 Å². The number of aromatic nitrogens is 2. The molecule has 0 bridgehead atoms. The van der Waals surface area contributed by atoms with Crippen LogP contribution in [0.2, 0.25) is 0 Å². The molecule has 1 fully saturated rings. The van der Waals surface area contributed by atoms with Gasteiger partial charge in [-0.05, 0) is 24.6 Å². The van der Waals surface area contributed by atoms with E-state index in [9.17, 15) is 4.79 Å². The van der Waals surface area contributed by atoms with Gasteiger partial charge in [0.1, 0.15) is 0 Å². The average Bonchev–Trinajstić information content (AvgIpc) is 3.38. The van der Waals surface area contributed by atoms with Crippen molar-refractivity contribution in [2.75, 3.05) is 39.5 Å². The molecule has 144 valence electrons. The summed E-state index contributed by atoms with van der Waals surface area (Å²) in [5.74, 6) is 1.63. The lowest BCUT2D eigenvalue weighted by Gasteiger charge is -2.35. The third kappa shape index (κ3) is 4.16. The Kier molecular flexibility index (Phi) is 5.15. The molecule has 1 atom stereocenters. The third-order valence-corrected chi connectivity index (χ3v) is 5.09. The summed E-state index contributed by atoms with van der Waals surface area (Å²) in [6.07, 6.45) is 5.43. The van der Waals surface area contributed by atoms with Crippen LogP contribution in [0.25, 0.3) is 0 Å². The molecule has 4 rings (SSSR count). The second-order valence-electron chi connectivity index (χ2n) is 7.00. The lowest BCUT2D eigenvalue weighted by molar-refractivity contribution is 0.134. The Morgan fingerprint density at radius 3 is 2.81 bits per heavy atom. The molecule has 2 aromatic rings. The number of carbonyl (C=O) groups is 1. The van der Waals surface area contributed by atoms with E-state index in [-0.39, 0.29) is 12.1 Å². The average molecular weight is 371 g/mol. The fourth-order valence-corrected chi connectivity index (χ4v) is 3.39. The first kappa shape index (κ1) is 17.7. The second kappa shape index (κ2) is 7.87. The van der Waals surface area contributed by atoms with E-state index in [4.69, 9.17) is 9.47 Å². The number of carbonyl (C=O) groups excluding carboxylic acids is 1. The first-order chi connectivity index (χ1) is 13.2. The molecule has 0 aliphatic carbocycles. The van der Waals surface area contributed by atoms with Crippen LogP contribution in [-0.4, -0.2) is 64.9 Å². The summed E-state index contributed by atoms with van der Waals surface area (Å²) >= 11 is 0. The molecule has 27 heavy (non-hydrogen) atoms. The highest BCUT2D eigenvalue weighted by Gasteiger charge is 2.22. The largest absolute Gasteiger partial charge is 0.454 e.